The van der Waals surface area contributed by atoms with Gasteiger partial charge in [-0.25, -0.2) is 0 Å². The van der Waals surface area contributed by atoms with E-state index in [-0.39, 0.29) is 22.5 Å². The van der Waals surface area contributed by atoms with Gasteiger partial charge in [0.05, 0.1) is 0 Å². The molecule has 42 heavy (non-hydrogen) atoms. The van der Waals surface area contributed by atoms with Crippen molar-refractivity contribution in [2.24, 2.45) is 0 Å². The summed E-state index contributed by atoms with van der Waals surface area (Å²) in [5.74, 6) is -0.142. The largest absolute Gasteiger partial charge is 0.383 e. The second-order valence-corrected chi connectivity index (χ2v) is 14.2. The molecule has 0 fully saturated rings. The molecule has 0 aliphatic heterocycles. The number of amides is 1. The monoisotopic (exact) mass is 688 g/mol. The quantitative estimate of drug-likeness (QED) is 0.187. The predicted octanol–water partition coefficient (Wildman–Crippen LogP) is 9.80. The van der Waals surface area contributed by atoms with Crippen LogP contribution >= 0.6 is 31.9 Å². The number of carbonyl (C=O) groups excluding carboxylic acids is 2. The maximum Gasteiger partial charge on any atom is 0.258 e. The van der Waals surface area contributed by atoms with Gasteiger partial charge in [0.15, 0.2) is 5.78 Å². The maximum absolute atomic E-state index is 13.8. The molecule has 4 aromatic carbocycles. The summed E-state index contributed by atoms with van der Waals surface area (Å²) in [6.45, 7) is 13.8. The number of rotatable bonds is 8. The molecule has 4 aromatic rings. The first-order valence-electron chi connectivity index (χ1n) is 14.1. The molecule has 0 radical (unpaired) electrons. The van der Waals surface area contributed by atoms with Gasteiger partial charge in [0.2, 0.25) is 0 Å². The van der Waals surface area contributed by atoms with Crippen molar-refractivity contribution in [1.29, 1.82) is 0 Å². The Morgan fingerprint density at radius 2 is 1.21 bits per heavy atom. The Hall–Kier alpha value is -3.22. The van der Waals surface area contributed by atoms with Crippen LogP contribution in [0.5, 0.6) is 0 Å². The first kappa shape index (κ1) is 31.7. The number of benzene rings is 4. The fourth-order valence-electron chi connectivity index (χ4n) is 4.93. The summed E-state index contributed by atoms with van der Waals surface area (Å²) in [5, 5.41) is 3.43. The van der Waals surface area contributed by atoms with E-state index < -0.39 is 0 Å². The van der Waals surface area contributed by atoms with Crippen molar-refractivity contribution in [1.82, 2.24) is 0 Å². The minimum atomic E-state index is -0.0858. The molecule has 1 amide bonds. The van der Waals surface area contributed by atoms with Gasteiger partial charge in [-0.2, -0.15) is 0 Å². The number of hydrogen-bond donors (Lipinski definition) is 1. The number of nitrogens with zero attached hydrogens (tertiary/aromatic N) is 1. The molecule has 0 bridgehead atoms. The number of halogens is 2. The van der Waals surface area contributed by atoms with Crippen molar-refractivity contribution in [2.45, 2.75) is 52.4 Å². The van der Waals surface area contributed by atoms with E-state index in [1.54, 1.807) is 4.90 Å². The van der Waals surface area contributed by atoms with E-state index in [4.69, 9.17) is 0 Å². The highest BCUT2D eigenvalue weighted by Crippen LogP contribution is 2.33. The summed E-state index contributed by atoms with van der Waals surface area (Å²) in [5.41, 5.74) is 5.58. The number of carbonyl (C=O) groups is 2. The molecule has 0 spiro atoms. The molecule has 0 saturated heterocycles. The molecule has 4 rings (SSSR count). The Labute approximate surface area is 266 Å². The van der Waals surface area contributed by atoms with Crippen LogP contribution in [0.4, 0.5) is 11.4 Å². The van der Waals surface area contributed by atoms with E-state index in [2.05, 4.69) is 78.7 Å². The van der Waals surface area contributed by atoms with Crippen molar-refractivity contribution in [3.8, 4) is 0 Å². The number of para-hydroxylation sites is 2. The molecule has 0 aromatic heterocycles. The zero-order valence-corrected chi connectivity index (χ0v) is 28.3. The van der Waals surface area contributed by atoms with Gasteiger partial charge in [-0.05, 0) is 64.4 Å². The van der Waals surface area contributed by atoms with Crippen molar-refractivity contribution in [3.63, 3.8) is 0 Å². The smallest absolute Gasteiger partial charge is 0.258 e. The molecule has 1 N–H and O–H groups in total. The Bertz CT molecular complexity index is 1580. The third-order valence-electron chi connectivity index (χ3n) is 7.20. The summed E-state index contributed by atoms with van der Waals surface area (Å²) < 4.78 is 1.84. The molecule has 0 saturated carbocycles. The summed E-state index contributed by atoms with van der Waals surface area (Å²) in [7, 11) is 0. The topological polar surface area (TPSA) is 49.4 Å². The van der Waals surface area contributed by atoms with Crippen LogP contribution in [0.2, 0.25) is 0 Å². The Kier molecular flexibility index (Phi) is 9.79. The minimum Gasteiger partial charge on any atom is -0.383 e. The fourth-order valence-corrected chi connectivity index (χ4v) is 6.87. The lowest BCUT2D eigenvalue weighted by Crippen LogP contribution is -2.35. The number of anilines is 2. The van der Waals surface area contributed by atoms with Gasteiger partial charge in [-0.15, -0.1) is 0 Å². The van der Waals surface area contributed by atoms with Crippen molar-refractivity contribution < 1.29 is 9.59 Å². The summed E-state index contributed by atoms with van der Waals surface area (Å²) >= 11 is 7.35. The lowest BCUT2D eigenvalue weighted by Gasteiger charge is -2.25. The number of ketones is 1. The minimum absolute atomic E-state index is 0.0351. The molecule has 0 atom stereocenters. The van der Waals surface area contributed by atoms with E-state index in [0.29, 0.717) is 29.8 Å². The number of nitrogens with one attached hydrogen (secondary N) is 1. The number of hydrogen-bond acceptors (Lipinski definition) is 3. The van der Waals surface area contributed by atoms with Crippen LogP contribution in [0.25, 0.3) is 0 Å². The molecule has 0 aliphatic carbocycles. The highest BCUT2D eigenvalue weighted by molar-refractivity contribution is 9.10. The zero-order valence-electron chi connectivity index (χ0n) is 25.1. The Morgan fingerprint density at radius 1 is 0.690 bits per heavy atom. The molecule has 0 aliphatic rings. The average molecular weight is 691 g/mol. The van der Waals surface area contributed by atoms with Crippen LogP contribution in [0.3, 0.4) is 0 Å². The van der Waals surface area contributed by atoms with Gasteiger partial charge in [-0.1, -0.05) is 122 Å². The van der Waals surface area contributed by atoms with Crippen LogP contribution in [0.15, 0.2) is 99.9 Å². The van der Waals surface area contributed by atoms with E-state index in [1.807, 2.05) is 91.0 Å². The SMILES string of the molecule is CC(C)(C)c1ccc(C(=O)c2ccccc2NCCN(C(=O)c2ccc(C(C)(C)C)c(Br)c2)c2ccccc2)cc1Br. The Balaban J connectivity index is 1.55. The van der Waals surface area contributed by atoms with Gasteiger partial charge in [0.25, 0.3) is 5.91 Å². The van der Waals surface area contributed by atoms with E-state index >= 15 is 0 Å². The first-order chi connectivity index (χ1) is 19.8. The summed E-state index contributed by atoms with van der Waals surface area (Å²) in [6.07, 6.45) is 0. The lowest BCUT2D eigenvalue weighted by atomic mass is 9.86. The summed E-state index contributed by atoms with van der Waals surface area (Å²) in [4.78, 5) is 29.2. The van der Waals surface area contributed by atoms with E-state index in [0.717, 1.165) is 31.4 Å². The maximum atomic E-state index is 13.8. The third kappa shape index (κ3) is 7.40. The van der Waals surface area contributed by atoms with E-state index in [9.17, 15) is 9.59 Å². The third-order valence-corrected chi connectivity index (χ3v) is 8.51. The average Bonchev–Trinajstić information content (AvgIpc) is 2.94. The van der Waals surface area contributed by atoms with Crippen LogP contribution in [0.1, 0.15) is 78.9 Å². The van der Waals surface area contributed by atoms with Gasteiger partial charge in [-0.3, -0.25) is 9.59 Å². The second-order valence-electron chi connectivity index (χ2n) is 12.5. The molecular weight excluding hydrogens is 652 g/mol. The van der Waals surface area contributed by atoms with Crippen LogP contribution in [0, 0.1) is 0 Å². The highest BCUT2D eigenvalue weighted by Gasteiger charge is 2.23. The van der Waals surface area contributed by atoms with Gasteiger partial charge in [0, 0.05) is 50.1 Å². The van der Waals surface area contributed by atoms with Gasteiger partial charge >= 0.3 is 0 Å². The van der Waals surface area contributed by atoms with Crippen LogP contribution < -0.4 is 10.2 Å². The molecular formula is C36H38Br2N2O2. The lowest BCUT2D eigenvalue weighted by molar-refractivity contribution is 0.0986. The molecule has 0 heterocycles. The van der Waals surface area contributed by atoms with Crippen molar-refractivity contribution in [2.75, 3.05) is 23.3 Å². The fraction of sp³-hybridized carbons (Fsp3) is 0.278. The summed E-state index contributed by atoms with van der Waals surface area (Å²) in [6, 6.07) is 28.8. The van der Waals surface area contributed by atoms with Crippen LogP contribution in [-0.2, 0) is 10.8 Å². The Morgan fingerprint density at radius 3 is 1.79 bits per heavy atom. The predicted molar refractivity (Wildman–Crippen MR) is 182 cm³/mol. The normalized spacial score (nSPS) is 11.7. The van der Waals surface area contributed by atoms with Crippen molar-refractivity contribution >= 4 is 54.9 Å². The molecule has 218 valence electrons. The second kappa shape index (κ2) is 13.0. The highest BCUT2D eigenvalue weighted by atomic mass is 79.9. The van der Waals surface area contributed by atoms with Crippen molar-refractivity contribution in [3.05, 3.63) is 128 Å². The van der Waals surface area contributed by atoms with Gasteiger partial charge in [0.1, 0.15) is 0 Å². The molecule has 4 nitrogen and oxygen atoms in total. The van der Waals surface area contributed by atoms with E-state index in [1.165, 1.54) is 0 Å². The molecule has 6 heteroatoms. The van der Waals surface area contributed by atoms with Gasteiger partial charge < -0.3 is 10.2 Å². The first-order valence-corrected chi connectivity index (χ1v) is 15.7. The van der Waals surface area contributed by atoms with Crippen LogP contribution in [-0.4, -0.2) is 24.8 Å². The molecule has 0 unspecified atom stereocenters. The zero-order chi connectivity index (χ0) is 30.7. The standard InChI is InChI=1S/C36H38Br2N2O2/c1-35(2,3)28-18-16-24(22-30(28)37)33(41)27-14-10-11-15-32(27)39-20-21-40(26-12-8-7-9-13-26)34(42)25-17-19-29(31(38)23-25)36(4,5)6/h7-19,22-23,39H,20-21H2,1-6H3.